The minimum absolute atomic E-state index is 0.0849. The lowest BCUT2D eigenvalue weighted by atomic mass is 10.1. The van der Waals surface area contributed by atoms with Gasteiger partial charge in [0.15, 0.2) is 5.16 Å². The third kappa shape index (κ3) is 5.18. The Labute approximate surface area is 182 Å². The van der Waals surface area contributed by atoms with Gasteiger partial charge in [-0.15, -0.1) is 0 Å². The average Bonchev–Trinajstić information content (AvgIpc) is 2.79. The lowest BCUT2D eigenvalue weighted by Crippen LogP contribution is -2.23. The molecule has 1 atom stereocenters. The number of rotatable bonds is 6. The third-order valence-electron chi connectivity index (χ3n) is 4.29. The van der Waals surface area contributed by atoms with E-state index in [-0.39, 0.29) is 22.3 Å². The van der Waals surface area contributed by atoms with Gasteiger partial charge in [-0.05, 0) is 31.2 Å². The van der Waals surface area contributed by atoms with Crippen LogP contribution in [0.4, 0.5) is 5.69 Å². The summed E-state index contributed by atoms with van der Waals surface area (Å²) in [4.78, 5) is 43.4. The number of esters is 1. The molecule has 2 N–H and O–H groups in total. The number of anilines is 1. The van der Waals surface area contributed by atoms with Gasteiger partial charge in [-0.1, -0.05) is 42.1 Å². The van der Waals surface area contributed by atoms with Gasteiger partial charge >= 0.3 is 5.97 Å². The van der Waals surface area contributed by atoms with Crippen molar-refractivity contribution >= 4 is 29.3 Å². The van der Waals surface area contributed by atoms with E-state index < -0.39 is 16.8 Å². The van der Waals surface area contributed by atoms with E-state index in [4.69, 9.17) is 0 Å². The van der Waals surface area contributed by atoms with Crippen LogP contribution in [0.15, 0.2) is 64.5 Å². The minimum Gasteiger partial charge on any atom is -0.465 e. The Balaban J connectivity index is 1.77. The van der Waals surface area contributed by atoms with Crippen molar-refractivity contribution in [2.45, 2.75) is 17.3 Å². The van der Waals surface area contributed by atoms with E-state index in [9.17, 15) is 19.6 Å². The Hall–Kier alpha value is -3.90. The number of H-pyrrole nitrogens is 1. The van der Waals surface area contributed by atoms with Crippen molar-refractivity contribution in [3.8, 4) is 17.3 Å². The van der Waals surface area contributed by atoms with Crippen molar-refractivity contribution in [2.24, 2.45) is 0 Å². The molecule has 0 fully saturated rings. The molecule has 0 saturated heterocycles. The largest absolute Gasteiger partial charge is 0.465 e. The van der Waals surface area contributed by atoms with E-state index in [0.29, 0.717) is 16.8 Å². The van der Waals surface area contributed by atoms with Gasteiger partial charge in [-0.25, -0.2) is 9.78 Å². The van der Waals surface area contributed by atoms with Crippen LogP contribution in [-0.2, 0) is 9.53 Å². The first kappa shape index (κ1) is 21.8. The summed E-state index contributed by atoms with van der Waals surface area (Å²) in [5.74, 6) is -0.782. The van der Waals surface area contributed by atoms with Crippen LogP contribution in [0, 0.1) is 11.3 Å². The quantitative estimate of drug-likeness (QED) is 0.347. The highest BCUT2D eigenvalue weighted by Gasteiger charge is 2.19. The summed E-state index contributed by atoms with van der Waals surface area (Å²) in [6.07, 6.45) is 0. The number of ether oxygens (including phenoxy) is 1. The van der Waals surface area contributed by atoms with Crippen LogP contribution >= 0.6 is 11.8 Å². The number of aromatic amines is 1. The molecule has 0 radical (unpaired) electrons. The minimum atomic E-state index is -0.597. The van der Waals surface area contributed by atoms with Gasteiger partial charge in [0, 0.05) is 11.3 Å². The van der Waals surface area contributed by atoms with Crippen molar-refractivity contribution in [3.05, 3.63) is 76.1 Å². The number of hydrogen-bond acceptors (Lipinski definition) is 7. The Bertz CT molecular complexity index is 1200. The van der Waals surface area contributed by atoms with E-state index in [1.54, 1.807) is 55.5 Å². The lowest BCUT2D eigenvalue weighted by molar-refractivity contribution is -0.115. The topological polar surface area (TPSA) is 125 Å². The summed E-state index contributed by atoms with van der Waals surface area (Å²) in [6.45, 7) is 1.67. The fourth-order valence-corrected chi connectivity index (χ4v) is 3.49. The summed E-state index contributed by atoms with van der Waals surface area (Å²) in [5, 5.41) is 11.7. The van der Waals surface area contributed by atoms with Gasteiger partial charge in [0.1, 0.15) is 11.6 Å². The maximum absolute atomic E-state index is 12.6. The zero-order chi connectivity index (χ0) is 22.4. The highest BCUT2D eigenvalue weighted by molar-refractivity contribution is 8.00. The first-order valence-corrected chi connectivity index (χ1v) is 10.1. The number of thioether (sulfide) groups is 1. The predicted molar refractivity (Wildman–Crippen MR) is 117 cm³/mol. The number of carbonyl (C=O) groups is 2. The number of amides is 1. The lowest BCUT2D eigenvalue weighted by Gasteiger charge is -2.12. The van der Waals surface area contributed by atoms with Crippen LogP contribution in [0.2, 0.25) is 0 Å². The normalized spacial score (nSPS) is 11.3. The third-order valence-corrected chi connectivity index (χ3v) is 5.27. The fraction of sp³-hybridized carbons (Fsp3) is 0.136. The van der Waals surface area contributed by atoms with E-state index in [2.05, 4.69) is 20.0 Å². The molecular formula is C22H18N4O4S. The first-order valence-electron chi connectivity index (χ1n) is 9.18. The first-order chi connectivity index (χ1) is 14.9. The zero-order valence-corrected chi connectivity index (χ0v) is 17.5. The summed E-state index contributed by atoms with van der Waals surface area (Å²) < 4.78 is 4.64. The summed E-state index contributed by atoms with van der Waals surface area (Å²) in [7, 11) is 1.29. The number of hydrogen-bond donors (Lipinski definition) is 2. The van der Waals surface area contributed by atoms with Crippen LogP contribution in [0.3, 0.4) is 0 Å². The van der Waals surface area contributed by atoms with Crippen LogP contribution in [0.25, 0.3) is 11.3 Å². The molecule has 0 saturated carbocycles. The van der Waals surface area contributed by atoms with E-state index in [1.807, 2.05) is 12.1 Å². The zero-order valence-electron chi connectivity index (χ0n) is 16.7. The molecule has 0 spiro atoms. The summed E-state index contributed by atoms with van der Waals surface area (Å²) in [6, 6.07) is 17.1. The van der Waals surface area contributed by atoms with Gasteiger partial charge in [-0.2, -0.15) is 5.26 Å². The number of nitrogens with one attached hydrogen (secondary N) is 2. The number of nitrogens with zero attached hydrogens (tertiary/aromatic N) is 2. The van der Waals surface area contributed by atoms with Crippen molar-refractivity contribution < 1.29 is 14.3 Å². The maximum Gasteiger partial charge on any atom is 0.337 e. The second-order valence-electron chi connectivity index (χ2n) is 6.39. The molecule has 2 aromatic carbocycles. The molecule has 0 bridgehead atoms. The Morgan fingerprint density at radius 1 is 1.16 bits per heavy atom. The summed E-state index contributed by atoms with van der Waals surface area (Å²) >= 11 is 1.06. The molecule has 1 aromatic heterocycles. The van der Waals surface area contributed by atoms with Gasteiger partial charge in [0.2, 0.25) is 5.91 Å². The van der Waals surface area contributed by atoms with Crippen molar-refractivity contribution in [1.82, 2.24) is 9.97 Å². The molecule has 3 rings (SSSR count). The van der Waals surface area contributed by atoms with E-state index >= 15 is 0 Å². The van der Waals surface area contributed by atoms with E-state index in [0.717, 1.165) is 11.8 Å². The fourth-order valence-electron chi connectivity index (χ4n) is 2.69. The molecule has 1 amide bonds. The van der Waals surface area contributed by atoms with Crippen LogP contribution in [-0.4, -0.2) is 34.2 Å². The number of benzene rings is 2. The van der Waals surface area contributed by atoms with Gasteiger partial charge in [0.25, 0.3) is 5.56 Å². The Morgan fingerprint density at radius 3 is 2.45 bits per heavy atom. The number of nitriles is 1. The molecule has 8 nitrogen and oxygen atoms in total. The molecule has 31 heavy (non-hydrogen) atoms. The van der Waals surface area contributed by atoms with Crippen LogP contribution < -0.4 is 10.9 Å². The molecule has 0 aliphatic heterocycles. The highest BCUT2D eigenvalue weighted by Crippen LogP contribution is 2.25. The number of aromatic nitrogens is 2. The molecule has 156 valence electrons. The molecule has 1 heterocycles. The summed E-state index contributed by atoms with van der Waals surface area (Å²) in [5.41, 5.74) is 1.13. The highest BCUT2D eigenvalue weighted by atomic mass is 32.2. The Kier molecular flexibility index (Phi) is 6.85. The number of methoxy groups -OCH3 is 1. The van der Waals surface area contributed by atoms with E-state index in [1.165, 1.54) is 7.11 Å². The molecule has 9 heteroatoms. The molecule has 3 aromatic rings. The Morgan fingerprint density at radius 2 is 1.84 bits per heavy atom. The standard InChI is InChI=1S/C22H18N4O4S/c1-13(19(27)24-16-10-8-15(9-11-16)21(29)30-2)31-22-25-18(14-6-4-3-5-7-14)17(12-23)20(28)26-22/h3-11,13H,1-2H3,(H,24,27)(H,25,26,28). The smallest absolute Gasteiger partial charge is 0.337 e. The predicted octanol–water partition coefficient (Wildman–Crippen LogP) is 3.21. The molecule has 0 aliphatic carbocycles. The van der Waals surface area contributed by atoms with Gasteiger partial charge in [-0.3, -0.25) is 9.59 Å². The van der Waals surface area contributed by atoms with Gasteiger partial charge in [0.05, 0.1) is 23.6 Å². The SMILES string of the molecule is COC(=O)c1ccc(NC(=O)C(C)Sc2nc(-c3ccccc3)c(C#N)c(=O)[nH]2)cc1. The average molecular weight is 434 g/mol. The van der Waals surface area contributed by atoms with Crippen LogP contribution in [0.1, 0.15) is 22.8 Å². The van der Waals surface area contributed by atoms with Crippen LogP contribution in [0.5, 0.6) is 0 Å². The molecular weight excluding hydrogens is 416 g/mol. The van der Waals surface area contributed by atoms with Crippen molar-refractivity contribution in [3.63, 3.8) is 0 Å². The van der Waals surface area contributed by atoms with Crippen molar-refractivity contribution in [2.75, 3.05) is 12.4 Å². The molecule has 1 unspecified atom stereocenters. The maximum atomic E-state index is 12.6. The molecule has 0 aliphatic rings. The monoisotopic (exact) mass is 434 g/mol. The second-order valence-corrected chi connectivity index (χ2v) is 7.72. The van der Waals surface area contributed by atoms with Gasteiger partial charge < -0.3 is 15.0 Å². The second kappa shape index (κ2) is 9.73. The number of carbonyl (C=O) groups excluding carboxylic acids is 2. The van der Waals surface area contributed by atoms with Crippen molar-refractivity contribution in [1.29, 1.82) is 5.26 Å².